The van der Waals surface area contributed by atoms with Crippen molar-refractivity contribution in [3.8, 4) is 17.2 Å². The first-order chi connectivity index (χ1) is 8.65. The van der Waals surface area contributed by atoms with E-state index in [9.17, 15) is 9.59 Å². The molecular formula is C14H8N2O2. The van der Waals surface area contributed by atoms with Crippen molar-refractivity contribution in [2.75, 3.05) is 0 Å². The maximum Gasteiger partial charge on any atom is 0.268 e. The lowest BCUT2D eigenvalue weighted by molar-refractivity contribution is 0.104. The third kappa shape index (κ3) is 1.13. The number of ketones is 1. The van der Waals surface area contributed by atoms with Gasteiger partial charge >= 0.3 is 0 Å². The number of hydrogen-bond acceptors (Lipinski definition) is 3. The zero-order valence-corrected chi connectivity index (χ0v) is 9.60. The van der Waals surface area contributed by atoms with E-state index in [0.29, 0.717) is 22.3 Å². The summed E-state index contributed by atoms with van der Waals surface area (Å²) in [7, 11) is 1.54. The van der Waals surface area contributed by atoms with Gasteiger partial charge in [-0.2, -0.15) is 5.26 Å². The molecule has 86 valence electrons. The fourth-order valence-corrected chi connectivity index (χ4v) is 2.33. The van der Waals surface area contributed by atoms with Crippen molar-refractivity contribution in [1.29, 1.82) is 5.26 Å². The number of aromatic nitrogens is 1. The average molecular weight is 236 g/mol. The van der Waals surface area contributed by atoms with Crippen LogP contribution in [0.15, 0.2) is 35.3 Å². The number of carbonyl (C=O) groups excluding carboxylic acids is 1. The first kappa shape index (κ1) is 10.5. The van der Waals surface area contributed by atoms with Gasteiger partial charge in [-0.3, -0.25) is 9.59 Å². The molecule has 2 aromatic rings. The molecule has 0 aliphatic heterocycles. The third-order valence-corrected chi connectivity index (χ3v) is 3.17. The number of fused-ring (bicyclic) bond motifs is 3. The van der Waals surface area contributed by atoms with E-state index in [-0.39, 0.29) is 16.9 Å². The summed E-state index contributed by atoms with van der Waals surface area (Å²) in [6.07, 6.45) is 1.50. The summed E-state index contributed by atoms with van der Waals surface area (Å²) >= 11 is 0. The van der Waals surface area contributed by atoms with E-state index in [0.717, 1.165) is 0 Å². The summed E-state index contributed by atoms with van der Waals surface area (Å²) in [4.78, 5) is 24.1. The van der Waals surface area contributed by atoms with Crippen molar-refractivity contribution in [3.05, 3.63) is 57.5 Å². The smallest absolute Gasteiger partial charge is 0.268 e. The van der Waals surface area contributed by atoms with Crippen molar-refractivity contribution >= 4 is 5.78 Å². The largest absolute Gasteiger partial charge is 0.317 e. The Hall–Kier alpha value is -2.67. The Morgan fingerprint density at radius 3 is 2.44 bits per heavy atom. The van der Waals surface area contributed by atoms with Gasteiger partial charge < -0.3 is 4.57 Å². The monoisotopic (exact) mass is 236 g/mol. The number of rotatable bonds is 0. The molecule has 4 heteroatoms. The molecule has 1 aliphatic carbocycles. The molecule has 0 atom stereocenters. The molecule has 18 heavy (non-hydrogen) atoms. The molecule has 0 spiro atoms. The highest BCUT2D eigenvalue weighted by Crippen LogP contribution is 2.37. The number of pyridine rings is 1. The van der Waals surface area contributed by atoms with Gasteiger partial charge in [0.25, 0.3) is 5.56 Å². The van der Waals surface area contributed by atoms with E-state index in [1.54, 1.807) is 31.3 Å². The molecular weight excluding hydrogens is 228 g/mol. The van der Waals surface area contributed by atoms with Crippen LogP contribution in [0.25, 0.3) is 11.1 Å². The normalized spacial score (nSPS) is 11.9. The fraction of sp³-hybridized carbons (Fsp3) is 0.0714. The third-order valence-electron chi connectivity index (χ3n) is 3.17. The zero-order valence-electron chi connectivity index (χ0n) is 9.60. The van der Waals surface area contributed by atoms with E-state index in [1.165, 1.54) is 10.8 Å². The number of nitriles is 1. The molecule has 1 aliphatic rings. The number of benzene rings is 1. The minimum Gasteiger partial charge on any atom is -0.317 e. The standard InChI is InChI=1S/C14H8N2O2/c1-16-7-11-12(10(6-15)14(16)18)8-4-2-3-5-9(8)13(11)17/h2-5,7H,1H3. The number of aryl methyl sites for hydroxylation is 1. The maximum atomic E-state index is 12.2. The Morgan fingerprint density at radius 2 is 1.78 bits per heavy atom. The van der Waals surface area contributed by atoms with Crippen LogP contribution in [0.3, 0.4) is 0 Å². The molecule has 0 unspecified atom stereocenters. The van der Waals surface area contributed by atoms with Crippen molar-refractivity contribution in [2.24, 2.45) is 7.05 Å². The molecule has 1 aromatic heterocycles. The first-order valence-electron chi connectivity index (χ1n) is 5.43. The van der Waals surface area contributed by atoms with Crippen LogP contribution >= 0.6 is 0 Å². The Bertz CT molecular complexity index is 794. The predicted molar refractivity (Wildman–Crippen MR) is 65.3 cm³/mol. The van der Waals surface area contributed by atoms with Gasteiger partial charge in [-0.15, -0.1) is 0 Å². The van der Waals surface area contributed by atoms with Crippen LogP contribution in [0.5, 0.6) is 0 Å². The quantitative estimate of drug-likeness (QED) is 0.593. The highest BCUT2D eigenvalue weighted by atomic mass is 16.1. The molecule has 0 amide bonds. The topological polar surface area (TPSA) is 62.9 Å². The van der Waals surface area contributed by atoms with E-state index >= 15 is 0 Å². The Morgan fingerprint density at radius 1 is 1.11 bits per heavy atom. The van der Waals surface area contributed by atoms with Crippen LogP contribution in [0.2, 0.25) is 0 Å². The summed E-state index contributed by atoms with van der Waals surface area (Å²) in [5, 5.41) is 9.14. The van der Waals surface area contributed by atoms with Gasteiger partial charge in [-0.1, -0.05) is 24.3 Å². The van der Waals surface area contributed by atoms with E-state index < -0.39 is 0 Å². The van der Waals surface area contributed by atoms with Gasteiger partial charge in [0.2, 0.25) is 0 Å². The number of hydrogen-bond donors (Lipinski definition) is 0. The summed E-state index contributed by atoms with van der Waals surface area (Å²) in [6, 6.07) is 8.95. The average Bonchev–Trinajstić information content (AvgIpc) is 2.66. The van der Waals surface area contributed by atoms with Crippen LogP contribution in [-0.4, -0.2) is 10.4 Å². The summed E-state index contributed by atoms with van der Waals surface area (Å²) in [5.74, 6) is -0.132. The van der Waals surface area contributed by atoms with Crippen molar-refractivity contribution < 1.29 is 4.79 Å². The van der Waals surface area contributed by atoms with Crippen molar-refractivity contribution in [3.63, 3.8) is 0 Å². The van der Waals surface area contributed by atoms with Gasteiger partial charge in [-0.25, -0.2) is 0 Å². The lowest BCUT2D eigenvalue weighted by Gasteiger charge is -2.04. The van der Waals surface area contributed by atoms with Crippen LogP contribution in [0.4, 0.5) is 0 Å². The summed E-state index contributed by atoms with van der Waals surface area (Å²) < 4.78 is 1.28. The predicted octanol–water partition coefficient (Wildman–Crippen LogP) is 1.47. The van der Waals surface area contributed by atoms with Gasteiger partial charge in [0.15, 0.2) is 5.78 Å². The molecule has 3 rings (SSSR count). The first-order valence-corrected chi connectivity index (χ1v) is 5.43. The highest BCUT2D eigenvalue weighted by Gasteiger charge is 2.30. The Labute approximate surface area is 103 Å². The summed E-state index contributed by atoms with van der Waals surface area (Å²) in [5.41, 5.74) is 1.78. The SMILES string of the molecule is Cn1cc2c(c(C#N)c1=O)-c1ccccc1C2=O. The highest BCUT2D eigenvalue weighted by molar-refractivity contribution is 6.22. The van der Waals surface area contributed by atoms with Gasteiger partial charge in [-0.05, 0) is 5.56 Å². The maximum absolute atomic E-state index is 12.2. The second-order valence-corrected chi connectivity index (χ2v) is 4.20. The van der Waals surface area contributed by atoms with Crippen LogP contribution < -0.4 is 5.56 Å². The van der Waals surface area contributed by atoms with Crippen molar-refractivity contribution in [2.45, 2.75) is 0 Å². The molecule has 1 aromatic carbocycles. The lowest BCUT2D eigenvalue weighted by Crippen LogP contribution is -2.21. The number of carbonyl (C=O) groups is 1. The minimum atomic E-state index is -0.374. The van der Waals surface area contributed by atoms with Gasteiger partial charge in [0, 0.05) is 29.9 Å². The zero-order chi connectivity index (χ0) is 12.9. The van der Waals surface area contributed by atoms with Gasteiger partial charge in [0.1, 0.15) is 11.6 Å². The molecule has 0 radical (unpaired) electrons. The van der Waals surface area contributed by atoms with Gasteiger partial charge in [0.05, 0.1) is 0 Å². The Kier molecular flexibility index (Phi) is 1.99. The van der Waals surface area contributed by atoms with E-state index in [1.807, 2.05) is 6.07 Å². The van der Waals surface area contributed by atoms with E-state index in [2.05, 4.69) is 0 Å². The van der Waals surface area contributed by atoms with E-state index in [4.69, 9.17) is 5.26 Å². The number of nitrogens with zero attached hydrogens (tertiary/aromatic N) is 2. The summed E-state index contributed by atoms with van der Waals surface area (Å²) in [6.45, 7) is 0. The molecule has 0 saturated heterocycles. The molecule has 1 heterocycles. The molecule has 0 fully saturated rings. The Balaban J connectivity index is 2.53. The lowest BCUT2D eigenvalue weighted by atomic mass is 10.0. The second-order valence-electron chi connectivity index (χ2n) is 4.20. The molecule has 0 saturated carbocycles. The molecule has 0 bridgehead atoms. The van der Waals surface area contributed by atoms with Crippen molar-refractivity contribution in [1.82, 2.24) is 4.57 Å². The van der Waals surface area contributed by atoms with Crippen LogP contribution in [-0.2, 0) is 7.05 Å². The minimum absolute atomic E-state index is 0.0355. The molecule has 4 nitrogen and oxygen atoms in total. The van der Waals surface area contributed by atoms with Crippen LogP contribution in [0, 0.1) is 11.3 Å². The fourth-order valence-electron chi connectivity index (χ4n) is 2.33. The second kappa shape index (κ2) is 3.41. The van der Waals surface area contributed by atoms with Crippen LogP contribution in [0.1, 0.15) is 21.5 Å². The molecule has 0 N–H and O–H groups in total.